The fraction of sp³-hybridized carbons (Fsp3) is 0.391. The molecule has 1 N–H and O–H groups in total. The van der Waals surface area contributed by atoms with E-state index in [1.807, 2.05) is 0 Å². The molecule has 0 bridgehead atoms. The van der Waals surface area contributed by atoms with Crippen LogP contribution in [0.15, 0.2) is 45.8 Å². The van der Waals surface area contributed by atoms with Crippen molar-refractivity contribution in [3.05, 3.63) is 52.3 Å². The van der Waals surface area contributed by atoms with Gasteiger partial charge in [0, 0.05) is 36.7 Å². The van der Waals surface area contributed by atoms with E-state index < -0.39 is 27.7 Å². The van der Waals surface area contributed by atoms with Crippen molar-refractivity contribution in [2.24, 2.45) is 5.92 Å². The zero-order valence-electron chi connectivity index (χ0n) is 18.2. The van der Waals surface area contributed by atoms with Gasteiger partial charge in [0.05, 0.1) is 16.5 Å². The Hall–Kier alpha value is -2.30. The summed E-state index contributed by atoms with van der Waals surface area (Å²) in [5, 5.41) is 2.58. The van der Waals surface area contributed by atoms with Crippen LogP contribution < -0.4 is 10.2 Å². The maximum atomic E-state index is 14.1. The molecule has 1 fully saturated rings. The first-order valence-corrected chi connectivity index (χ1v) is 13.1. The summed E-state index contributed by atoms with van der Waals surface area (Å²) in [7, 11) is -3.82. The van der Waals surface area contributed by atoms with Gasteiger partial charge in [-0.25, -0.2) is 12.8 Å². The van der Waals surface area contributed by atoms with Crippen LogP contribution in [0.25, 0.3) is 0 Å². The Balaban J connectivity index is 1.51. The molecule has 176 valence electrons. The minimum Gasteiger partial charge on any atom is -0.323 e. The average Bonchev–Trinajstić information content (AvgIpc) is 2.80. The molecule has 33 heavy (non-hydrogen) atoms. The van der Waals surface area contributed by atoms with Crippen molar-refractivity contribution in [2.45, 2.75) is 37.5 Å². The zero-order valence-corrected chi connectivity index (χ0v) is 20.6. The second-order valence-electron chi connectivity index (χ2n) is 8.38. The van der Waals surface area contributed by atoms with E-state index in [0.717, 1.165) is 17.7 Å². The number of nitrogens with zero attached hydrogens (tertiary/aromatic N) is 2. The molecule has 0 aliphatic carbocycles. The van der Waals surface area contributed by atoms with Crippen molar-refractivity contribution in [1.29, 1.82) is 0 Å². The fourth-order valence-electron chi connectivity index (χ4n) is 4.41. The van der Waals surface area contributed by atoms with E-state index in [1.165, 1.54) is 29.4 Å². The van der Waals surface area contributed by atoms with Crippen molar-refractivity contribution in [3.63, 3.8) is 0 Å². The largest absolute Gasteiger partial charge is 0.323 e. The van der Waals surface area contributed by atoms with Gasteiger partial charge in [0.2, 0.25) is 21.8 Å². The minimum atomic E-state index is -3.82. The van der Waals surface area contributed by atoms with Gasteiger partial charge in [-0.15, -0.1) is 0 Å². The number of fused-ring (bicyclic) bond motifs is 1. The molecule has 0 unspecified atom stereocenters. The maximum absolute atomic E-state index is 14.1. The van der Waals surface area contributed by atoms with E-state index in [1.54, 1.807) is 23.1 Å². The molecule has 2 amide bonds. The van der Waals surface area contributed by atoms with Crippen LogP contribution in [0.4, 0.5) is 15.8 Å². The number of carbonyl (C=O) groups is 2. The molecule has 0 spiro atoms. The van der Waals surface area contributed by atoms with E-state index in [-0.39, 0.29) is 23.0 Å². The van der Waals surface area contributed by atoms with Crippen LogP contribution in [0, 0.1) is 11.7 Å². The maximum Gasteiger partial charge on any atom is 0.243 e. The highest BCUT2D eigenvalue weighted by Gasteiger charge is 2.34. The summed E-state index contributed by atoms with van der Waals surface area (Å²) in [5.41, 5.74) is 1.64. The predicted molar refractivity (Wildman–Crippen MR) is 127 cm³/mol. The third-order valence-electron chi connectivity index (χ3n) is 6.13. The van der Waals surface area contributed by atoms with Gasteiger partial charge in [-0.1, -0.05) is 15.9 Å². The minimum absolute atomic E-state index is 0.0307. The molecule has 2 aliphatic rings. The van der Waals surface area contributed by atoms with Gasteiger partial charge in [-0.05, 0) is 67.6 Å². The molecule has 0 aromatic heterocycles. The van der Waals surface area contributed by atoms with Crippen molar-refractivity contribution in [2.75, 3.05) is 29.9 Å². The van der Waals surface area contributed by atoms with E-state index >= 15 is 0 Å². The number of sulfonamides is 1. The summed E-state index contributed by atoms with van der Waals surface area (Å²) in [5.74, 6) is -1.62. The number of nitrogens with one attached hydrogen (secondary N) is 1. The first kappa shape index (κ1) is 23.8. The first-order valence-electron chi connectivity index (χ1n) is 10.8. The normalized spacial score (nSPS) is 19.1. The Morgan fingerprint density at radius 2 is 1.91 bits per heavy atom. The van der Waals surface area contributed by atoms with E-state index in [4.69, 9.17) is 0 Å². The Labute approximate surface area is 201 Å². The Kier molecular flexibility index (Phi) is 6.88. The molecule has 10 heteroatoms. The number of benzene rings is 2. The number of piperidine rings is 1. The summed E-state index contributed by atoms with van der Waals surface area (Å²) in [6, 6.07) is 9.20. The van der Waals surface area contributed by atoms with E-state index in [9.17, 15) is 22.4 Å². The third-order valence-corrected chi connectivity index (χ3v) is 8.49. The van der Waals surface area contributed by atoms with Crippen LogP contribution in [0.1, 0.15) is 31.7 Å². The highest BCUT2D eigenvalue weighted by molar-refractivity contribution is 9.10. The molecule has 2 heterocycles. The number of carbonyl (C=O) groups excluding carboxylic acids is 2. The smallest absolute Gasteiger partial charge is 0.243 e. The molecule has 2 aromatic carbocycles. The number of anilines is 2. The quantitative estimate of drug-likeness (QED) is 0.640. The summed E-state index contributed by atoms with van der Waals surface area (Å²) < 4.78 is 42.7. The zero-order chi connectivity index (χ0) is 23.8. The summed E-state index contributed by atoms with van der Waals surface area (Å²) in [4.78, 5) is 26.5. The van der Waals surface area contributed by atoms with Gasteiger partial charge >= 0.3 is 0 Å². The molecule has 1 saturated heterocycles. The second kappa shape index (κ2) is 9.52. The van der Waals surface area contributed by atoms with Crippen molar-refractivity contribution < 1.29 is 22.4 Å². The molecular formula is C23H25BrFN3O4S. The van der Waals surface area contributed by atoms with Gasteiger partial charge in [-0.3, -0.25) is 9.59 Å². The molecule has 4 rings (SSSR count). The van der Waals surface area contributed by atoms with Gasteiger partial charge in [-0.2, -0.15) is 4.31 Å². The van der Waals surface area contributed by atoms with Crippen molar-refractivity contribution in [3.8, 4) is 0 Å². The van der Waals surface area contributed by atoms with Crippen LogP contribution in [-0.4, -0.2) is 44.2 Å². The molecule has 1 atom stereocenters. The van der Waals surface area contributed by atoms with Gasteiger partial charge in [0.1, 0.15) is 5.82 Å². The molecule has 0 saturated carbocycles. The highest BCUT2D eigenvalue weighted by atomic mass is 79.9. The summed E-state index contributed by atoms with van der Waals surface area (Å²) >= 11 is 3.18. The Morgan fingerprint density at radius 3 is 2.64 bits per heavy atom. The molecule has 7 nitrogen and oxygen atoms in total. The van der Waals surface area contributed by atoms with Crippen LogP contribution in [0.2, 0.25) is 0 Å². The Bertz CT molecular complexity index is 1200. The van der Waals surface area contributed by atoms with Gasteiger partial charge < -0.3 is 10.2 Å². The van der Waals surface area contributed by atoms with Crippen LogP contribution >= 0.6 is 15.9 Å². The summed E-state index contributed by atoms with van der Waals surface area (Å²) in [6.07, 6.45) is 2.53. The van der Waals surface area contributed by atoms with Crippen LogP contribution in [0.5, 0.6) is 0 Å². The molecule has 2 aromatic rings. The van der Waals surface area contributed by atoms with Gasteiger partial charge in [0.25, 0.3) is 0 Å². The standard InChI is InChI=1S/C23H25BrFN3O4S/c1-15(29)28-11-3-4-16-12-19(7-9-22(16)28)33(31,32)27-10-2-5-17(14-27)23(30)26-21-8-6-18(24)13-20(21)25/h6-9,12-13,17H,2-5,10-11,14H2,1H3,(H,26,30)/t17-/m0/s1. The number of amides is 2. The van der Waals surface area contributed by atoms with Gasteiger partial charge in [0.15, 0.2) is 0 Å². The lowest BCUT2D eigenvalue weighted by Gasteiger charge is -2.32. The van der Waals surface area contributed by atoms with Crippen LogP contribution in [0.3, 0.4) is 0 Å². The second-order valence-corrected chi connectivity index (χ2v) is 11.2. The van der Waals surface area contributed by atoms with Crippen LogP contribution in [-0.2, 0) is 26.0 Å². The number of hydrogen-bond acceptors (Lipinski definition) is 4. The fourth-order valence-corrected chi connectivity index (χ4v) is 6.32. The predicted octanol–water partition coefficient (Wildman–Crippen LogP) is 3.93. The SMILES string of the molecule is CC(=O)N1CCCc2cc(S(=O)(=O)N3CCC[C@H](C(=O)Nc4ccc(Br)cc4F)C3)ccc21. The van der Waals surface area contributed by atoms with E-state index in [0.29, 0.717) is 36.8 Å². The average molecular weight is 538 g/mol. The molecule has 0 radical (unpaired) electrons. The topological polar surface area (TPSA) is 86.8 Å². The monoisotopic (exact) mass is 537 g/mol. The lowest BCUT2D eigenvalue weighted by atomic mass is 9.98. The lowest BCUT2D eigenvalue weighted by Crippen LogP contribution is -2.43. The Morgan fingerprint density at radius 1 is 1.12 bits per heavy atom. The number of aryl methyl sites for hydroxylation is 1. The lowest BCUT2D eigenvalue weighted by molar-refractivity contribution is -0.121. The van der Waals surface area contributed by atoms with Crippen molar-refractivity contribution in [1.82, 2.24) is 4.31 Å². The van der Waals surface area contributed by atoms with Crippen molar-refractivity contribution >= 4 is 49.1 Å². The number of rotatable bonds is 4. The third kappa shape index (κ3) is 4.97. The van der Waals surface area contributed by atoms with E-state index in [2.05, 4.69) is 21.2 Å². The highest BCUT2D eigenvalue weighted by Crippen LogP contribution is 2.32. The number of halogens is 2. The molecule has 2 aliphatic heterocycles. The summed E-state index contributed by atoms with van der Waals surface area (Å²) in [6.45, 7) is 2.47. The molecular weight excluding hydrogens is 513 g/mol. The number of hydrogen-bond donors (Lipinski definition) is 1. The first-order chi connectivity index (χ1) is 15.7.